The second-order valence-corrected chi connectivity index (χ2v) is 9.37. The number of hydrogen-bond acceptors (Lipinski definition) is 8. The van der Waals surface area contributed by atoms with Crippen LogP contribution in [0.5, 0.6) is 5.19 Å². The van der Waals surface area contributed by atoms with Gasteiger partial charge in [0.15, 0.2) is 0 Å². The Bertz CT molecular complexity index is 993. The molecule has 4 heterocycles. The Balaban J connectivity index is 1.44. The number of thiazole rings is 1. The molecule has 1 N–H and O–H groups in total. The van der Waals surface area contributed by atoms with Gasteiger partial charge in [-0.2, -0.15) is 5.10 Å². The minimum absolute atomic E-state index is 0.0111. The molecule has 1 amide bonds. The largest absolute Gasteiger partial charge is 0.473 e. The van der Waals surface area contributed by atoms with Crippen LogP contribution in [0.2, 0.25) is 0 Å². The van der Waals surface area contributed by atoms with E-state index in [1.165, 1.54) is 18.4 Å². The van der Waals surface area contributed by atoms with Gasteiger partial charge < -0.3 is 19.5 Å². The summed E-state index contributed by atoms with van der Waals surface area (Å²) in [6.07, 6.45) is 3.95. The van der Waals surface area contributed by atoms with Crippen molar-refractivity contribution in [2.75, 3.05) is 33.5 Å². The van der Waals surface area contributed by atoms with Gasteiger partial charge in [-0.15, -0.1) is 0 Å². The van der Waals surface area contributed by atoms with Crippen LogP contribution >= 0.6 is 11.3 Å². The lowest BCUT2D eigenvalue weighted by molar-refractivity contribution is 0.0152. The van der Waals surface area contributed by atoms with Gasteiger partial charge in [0.2, 0.25) is 0 Å². The molecule has 4 rings (SSSR count). The summed E-state index contributed by atoms with van der Waals surface area (Å²) < 4.78 is 18.1. The number of aromatic nitrogens is 3. The summed E-state index contributed by atoms with van der Waals surface area (Å²) in [6, 6.07) is 0. The molecule has 0 radical (unpaired) electrons. The molecule has 0 aromatic carbocycles. The average Bonchev–Trinajstić information content (AvgIpc) is 3.31. The Morgan fingerprint density at radius 1 is 1.34 bits per heavy atom. The van der Waals surface area contributed by atoms with Crippen LogP contribution in [0.4, 0.5) is 0 Å². The number of methoxy groups -OCH3 is 1. The molecule has 1 spiro atoms. The van der Waals surface area contributed by atoms with E-state index in [0.29, 0.717) is 41.7 Å². The van der Waals surface area contributed by atoms with Crippen molar-refractivity contribution in [3.8, 4) is 5.19 Å². The fourth-order valence-electron chi connectivity index (χ4n) is 4.45. The van der Waals surface area contributed by atoms with Gasteiger partial charge in [-0.3, -0.25) is 9.48 Å². The van der Waals surface area contributed by atoms with E-state index in [1.807, 2.05) is 11.6 Å². The fourth-order valence-corrected chi connectivity index (χ4v) is 5.23. The van der Waals surface area contributed by atoms with E-state index < -0.39 is 5.97 Å². The zero-order valence-corrected chi connectivity index (χ0v) is 19.7. The molecule has 32 heavy (non-hydrogen) atoms. The van der Waals surface area contributed by atoms with E-state index in [-0.39, 0.29) is 17.9 Å². The minimum atomic E-state index is -0.391. The molecule has 1 fully saturated rings. The molecule has 2 aliphatic heterocycles. The monoisotopic (exact) mass is 462 g/mol. The van der Waals surface area contributed by atoms with Crippen molar-refractivity contribution in [3.63, 3.8) is 0 Å². The summed E-state index contributed by atoms with van der Waals surface area (Å²) in [5.41, 5.74) is 3.16. The van der Waals surface area contributed by atoms with Crippen LogP contribution in [0.3, 0.4) is 0 Å². The zero-order chi connectivity index (χ0) is 22.7. The first-order chi connectivity index (χ1) is 15.5. The third-order valence-corrected chi connectivity index (χ3v) is 7.40. The number of nitrogens with zero attached hydrogens (tertiary/aromatic N) is 3. The van der Waals surface area contributed by atoms with Crippen molar-refractivity contribution in [2.45, 2.75) is 52.5 Å². The lowest BCUT2D eigenvalue weighted by atomic mass is 9.76. The third-order valence-electron chi connectivity index (χ3n) is 6.30. The van der Waals surface area contributed by atoms with Gasteiger partial charge in [-0.05, 0) is 38.0 Å². The van der Waals surface area contributed by atoms with Gasteiger partial charge >= 0.3 is 5.97 Å². The highest BCUT2D eigenvalue weighted by Crippen LogP contribution is 2.37. The van der Waals surface area contributed by atoms with E-state index >= 15 is 0 Å². The van der Waals surface area contributed by atoms with Crippen LogP contribution in [0.25, 0.3) is 0 Å². The highest BCUT2D eigenvalue weighted by molar-refractivity contribution is 7.15. The first-order valence-electron chi connectivity index (χ1n) is 11.1. The van der Waals surface area contributed by atoms with Crippen LogP contribution in [0.1, 0.15) is 63.3 Å². The predicted octanol–water partition coefficient (Wildman–Crippen LogP) is 2.55. The topological polar surface area (TPSA) is 105 Å². The lowest BCUT2D eigenvalue weighted by Gasteiger charge is -2.36. The highest BCUT2D eigenvalue weighted by Gasteiger charge is 2.39. The third kappa shape index (κ3) is 4.52. The minimum Gasteiger partial charge on any atom is -0.473 e. The maximum atomic E-state index is 12.9. The Labute approximate surface area is 191 Å². The van der Waals surface area contributed by atoms with E-state index in [0.717, 1.165) is 49.4 Å². The lowest BCUT2D eigenvalue weighted by Crippen LogP contribution is -2.40. The Hall–Kier alpha value is -2.46. The molecule has 0 atom stereocenters. The summed E-state index contributed by atoms with van der Waals surface area (Å²) in [4.78, 5) is 29.9. The van der Waals surface area contributed by atoms with Gasteiger partial charge in [-0.1, -0.05) is 18.3 Å². The summed E-state index contributed by atoms with van der Waals surface area (Å²) in [7, 11) is 1.52. The van der Waals surface area contributed by atoms with Crippen molar-refractivity contribution in [1.29, 1.82) is 0 Å². The van der Waals surface area contributed by atoms with Crippen molar-refractivity contribution in [1.82, 2.24) is 20.1 Å². The number of carbonyl (C=O) groups excluding carboxylic acids is 2. The number of fused-ring (bicyclic) bond motifs is 1. The smallest absolute Gasteiger partial charge is 0.350 e. The van der Waals surface area contributed by atoms with Crippen LogP contribution in [-0.4, -0.2) is 60.1 Å². The molecule has 1 saturated heterocycles. The normalized spacial score (nSPS) is 17.5. The van der Waals surface area contributed by atoms with E-state index in [9.17, 15) is 9.59 Å². The zero-order valence-electron chi connectivity index (χ0n) is 18.9. The van der Waals surface area contributed by atoms with E-state index in [1.54, 1.807) is 6.92 Å². The molecule has 0 bridgehead atoms. The van der Waals surface area contributed by atoms with Crippen LogP contribution in [-0.2, 0) is 28.9 Å². The molecule has 0 unspecified atom stereocenters. The number of carbonyl (C=O) groups is 2. The quantitative estimate of drug-likeness (QED) is 0.498. The maximum Gasteiger partial charge on any atom is 0.350 e. The predicted molar refractivity (Wildman–Crippen MR) is 118 cm³/mol. The standard InChI is InChI=1S/C22H30N4O5S/c1-4-15-17-16(12-22(13-23-19(17)27)6-10-30-11-7-22)26(25-15)8-5-9-31-20(28)18-14(2)24-21(29-3)32-18/h4-13H2,1-3H3,(H,23,27). The molecule has 174 valence electrons. The van der Waals surface area contributed by atoms with Gasteiger partial charge in [0.1, 0.15) is 4.88 Å². The first kappa shape index (κ1) is 22.7. The average molecular weight is 463 g/mol. The van der Waals surface area contributed by atoms with Crippen LogP contribution in [0.15, 0.2) is 0 Å². The number of amides is 1. The summed E-state index contributed by atoms with van der Waals surface area (Å²) >= 11 is 1.18. The van der Waals surface area contributed by atoms with Crippen molar-refractivity contribution in [3.05, 3.63) is 27.5 Å². The number of nitrogens with one attached hydrogen (secondary N) is 1. The Morgan fingerprint density at radius 2 is 2.12 bits per heavy atom. The van der Waals surface area contributed by atoms with Gasteiger partial charge in [0.25, 0.3) is 11.1 Å². The number of aryl methyl sites for hydroxylation is 3. The van der Waals surface area contributed by atoms with E-state index in [4.69, 9.17) is 19.3 Å². The Kier molecular flexibility index (Phi) is 6.80. The maximum absolute atomic E-state index is 12.9. The molecular formula is C22H30N4O5S. The number of hydrogen-bond donors (Lipinski definition) is 1. The van der Waals surface area contributed by atoms with Gasteiger partial charge in [0.05, 0.1) is 36.4 Å². The molecule has 2 aliphatic rings. The van der Waals surface area contributed by atoms with Gasteiger partial charge in [-0.25, -0.2) is 9.78 Å². The number of rotatable bonds is 7. The summed E-state index contributed by atoms with van der Waals surface area (Å²) in [5.74, 6) is -0.426. The van der Waals surface area contributed by atoms with Gasteiger partial charge in [0, 0.05) is 32.7 Å². The number of esters is 1. The second kappa shape index (κ2) is 9.58. The molecule has 9 nitrogen and oxygen atoms in total. The van der Waals surface area contributed by atoms with Crippen LogP contribution < -0.4 is 10.1 Å². The fraction of sp³-hybridized carbons (Fsp3) is 0.636. The number of ether oxygens (including phenoxy) is 3. The molecule has 2 aromatic heterocycles. The molecule has 0 aliphatic carbocycles. The second-order valence-electron chi connectivity index (χ2n) is 8.40. The molecule has 0 saturated carbocycles. The SMILES string of the molecule is CCc1nn(CCCOC(=O)c2sc(OC)nc2C)c2c1C(=O)NCC1(CCOCC1)C2. The molecule has 10 heteroatoms. The Morgan fingerprint density at radius 3 is 2.81 bits per heavy atom. The first-order valence-corrected chi connectivity index (χ1v) is 11.9. The highest BCUT2D eigenvalue weighted by atomic mass is 32.1. The molecular weight excluding hydrogens is 432 g/mol. The molecule has 2 aromatic rings. The van der Waals surface area contributed by atoms with Crippen molar-refractivity contribution < 1.29 is 23.8 Å². The van der Waals surface area contributed by atoms with E-state index in [2.05, 4.69) is 10.3 Å². The summed E-state index contributed by atoms with van der Waals surface area (Å²) in [6.45, 7) is 6.73. The van der Waals surface area contributed by atoms with Crippen molar-refractivity contribution >= 4 is 23.2 Å². The van der Waals surface area contributed by atoms with Crippen molar-refractivity contribution in [2.24, 2.45) is 5.41 Å². The summed E-state index contributed by atoms with van der Waals surface area (Å²) in [5, 5.41) is 8.32. The van der Waals surface area contributed by atoms with Crippen LogP contribution in [0, 0.1) is 12.3 Å².